The molecule has 0 fully saturated rings. The Balaban J connectivity index is 0.000000124. The highest BCUT2D eigenvalue weighted by atomic mass is 35.5. The molecule has 0 saturated carbocycles. The van der Waals surface area contributed by atoms with Gasteiger partial charge < -0.3 is 7.43 Å². The van der Waals surface area contributed by atoms with Gasteiger partial charge in [0.2, 0.25) is 23.1 Å². The van der Waals surface area contributed by atoms with E-state index >= 15 is 0 Å². The molecule has 5 aromatic heterocycles. The smallest absolute Gasteiger partial charge is 0.240 e. The number of hydrogen-bond donors (Lipinski definition) is 0. The summed E-state index contributed by atoms with van der Waals surface area (Å²) in [6.45, 7) is 0. The van der Waals surface area contributed by atoms with Gasteiger partial charge in [0.1, 0.15) is 0 Å². The Morgan fingerprint density at radius 3 is 1.04 bits per heavy atom. The van der Waals surface area contributed by atoms with E-state index in [1.54, 1.807) is 0 Å². The van der Waals surface area contributed by atoms with Crippen molar-refractivity contribution in [2.75, 3.05) is 0 Å². The van der Waals surface area contributed by atoms with Crippen LogP contribution in [0.5, 0.6) is 0 Å². The summed E-state index contributed by atoms with van der Waals surface area (Å²) < 4.78 is 6.36. The first-order valence-corrected chi connectivity index (χ1v) is 30.1. The fraction of sp³-hybridized carbons (Fsp3) is 0.0125. The van der Waals surface area contributed by atoms with Gasteiger partial charge >= 0.3 is 0 Å². The lowest BCUT2D eigenvalue weighted by Crippen LogP contribution is -2.10. The molecule has 17 aromatic rings. The molecule has 0 aliphatic heterocycles. The summed E-state index contributed by atoms with van der Waals surface area (Å²) in [7, 11) is 0. The first-order chi connectivity index (χ1) is 44.1. The Hall–Kier alpha value is -11.7. The maximum absolute atomic E-state index is 6.24. The number of benzene rings is 12. The molecule has 0 atom stereocenters. The second kappa shape index (κ2) is 23.6. The van der Waals surface area contributed by atoms with Crippen LogP contribution in [0.1, 0.15) is 11.1 Å². The van der Waals surface area contributed by atoms with Crippen LogP contribution in [0.2, 0.25) is 5.28 Å². The van der Waals surface area contributed by atoms with Gasteiger partial charge in [0.25, 0.3) is 0 Å². The zero-order valence-electron chi connectivity index (χ0n) is 49.0. The Bertz CT molecular complexity index is 5380. The maximum Gasteiger partial charge on any atom is 0.240 e. The fourth-order valence-electron chi connectivity index (χ4n) is 12.6. The molecule has 0 N–H and O–H groups in total. The average molecular weight is 1180 g/mol. The van der Waals surface area contributed by atoms with E-state index in [0.29, 0.717) is 29.5 Å². The van der Waals surface area contributed by atoms with E-state index < -0.39 is 0 Å². The molecule has 0 bridgehead atoms. The zero-order chi connectivity index (χ0) is 59.2. The number of hydrogen-bond acceptors (Lipinski definition) is 6. The number of halogens is 1. The van der Waals surface area contributed by atoms with Crippen molar-refractivity contribution in [1.82, 2.24) is 43.6 Å². The molecule has 1 aliphatic rings. The van der Waals surface area contributed by atoms with Gasteiger partial charge in [-0.2, -0.15) is 29.9 Å². The SMILES string of the molecule is Clc1nc(-c2ccccc2)nc(-n2c3ccccc3c3ccccc32)n1.[CH3-].c1ccc(-c2ccc3c(c2)-c2ccccc2C3)cc1.c1ccc(-c2ccc3c(c2)c2ccccc2n3-c2nc(-c3ccccc3)nc(-n3c4ccccc4c4ccccc43)n2)cc1. The lowest BCUT2D eigenvalue weighted by molar-refractivity contribution is 0.893. The van der Waals surface area contributed by atoms with Gasteiger partial charge in [-0.3, -0.25) is 13.7 Å². The number of aromatic nitrogens is 9. The molecule has 0 amide bonds. The number of nitrogens with zero attached hydrogens (tertiary/aromatic N) is 9. The minimum atomic E-state index is 0. The van der Waals surface area contributed by atoms with Crippen molar-refractivity contribution in [3.63, 3.8) is 0 Å². The summed E-state index contributed by atoms with van der Waals surface area (Å²) in [4.78, 5) is 28.9. The normalized spacial score (nSPS) is 11.5. The lowest BCUT2D eigenvalue weighted by Gasteiger charge is -2.12. The highest BCUT2D eigenvalue weighted by Crippen LogP contribution is 2.40. The molecule has 12 aromatic carbocycles. The van der Waals surface area contributed by atoms with Crippen LogP contribution in [-0.4, -0.2) is 43.6 Å². The minimum absolute atomic E-state index is 0. The molecule has 9 nitrogen and oxygen atoms in total. The molecule has 5 heterocycles. The predicted octanol–water partition coefficient (Wildman–Crippen LogP) is 20.1. The third kappa shape index (κ3) is 9.99. The Kier molecular flexibility index (Phi) is 14.4. The van der Waals surface area contributed by atoms with E-state index in [0.717, 1.165) is 83.0 Å². The first-order valence-electron chi connectivity index (χ1n) is 29.7. The van der Waals surface area contributed by atoms with E-state index in [1.165, 1.54) is 44.5 Å². The van der Waals surface area contributed by atoms with Gasteiger partial charge in [-0.1, -0.05) is 255 Å². The third-order valence-corrected chi connectivity index (χ3v) is 16.9. The summed E-state index contributed by atoms with van der Waals surface area (Å²) in [5.74, 6) is 2.86. The van der Waals surface area contributed by atoms with Gasteiger partial charge in [0.05, 0.1) is 33.1 Å². The predicted molar refractivity (Wildman–Crippen MR) is 371 cm³/mol. The molecule has 0 spiro atoms. The van der Waals surface area contributed by atoms with Crippen molar-refractivity contribution in [3.05, 3.63) is 327 Å². The van der Waals surface area contributed by atoms with Crippen molar-refractivity contribution in [3.8, 4) is 74.0 Å². The Morgan fingerprint density at radius 2 is 0.578 bits per heavy atom. The van der Waals surface area contributed by atoms with E-state index in [-0.39, 0.29) is 12.7 Å². The number of fused-ring (bicyclic) bond motifs is 12. The Morgan fingerprint density at radius 1 is 0.244 bits per heavy atom. The van der Waals surface area contributed by atoms with Crippen LogP contribution in [0, 0.1) is 7.43 Å². The fourth-order valence-corrected chi connectivity index (χ4v) is 12.8. The first kappa shape index (κ1) is 55.0. The van der Waals surface area contributed by atoms with Crippen LogP contribution in [0.4, 0.5) is 0 Å². The highest BCUT2D eigenvalue weighted by Gasteiger charge is 2.22. The molecular weight excluding hydrogens is 1120 g/mol. The van der Waals surface area contributed by atoms with Gasteiger partial charge in [0, 0.05) is 43.4 Å². The van der Waals surface area contributed by atoms with E-state index in [2.05, 4.69) is 231 Å². The Labute approximate surface area is 525 Å². The van der Waals surface area contributed by atoms with E-state index in [1.807, 2.05) is 95.6 Å². The summed E-state index contributed by atoms with van der Waals surface area (Å²) in [6.07, 6.45) is 1.07. The highest BCUT2D eigenvalue weighted by molar-refractivity contribution is 6.28. The average Bonchev–Trinajstić information content (AvgIpc) is 1.76. The van der Waals surface area contributed by atoms with Gasteiger partial charge in [-0.05, 0) is 111 Å². The summed E-state index contributed by atoms with van der Waals surface area (Å²) in [5, 5.41) is 7.12. The summed E-state index contributed by atoms with van der Waals surface area (Å²) >= 11 is 6.24. The van der Waals surface area contributed by atoms with Crippen LogP contribution in [0.3, 0.4) is 0 Å². The van der Waals surface area contributed by atoms with Crippen LogP contribution < -0.4 is 0 Å². The van der Waals surface area contributed by atoms with Crippen LogP contribution in [0.15, 0.2) is 303 Å². The minimum Gasteiger partial charge on any atom is -0.358 e. The molecule has 90 heavy (non-hydrogen) atoms. The van der Waals surface area contributed by atoms with Crippen molar-refractivity contribution in [1.29, 1.82) is 0 Å². The monoisotopic (exact) mass is 1180 g/mol. The molecule has 0 radical (unpaired) electrons. The second-order valence-corrected chi connectivity index (χ2v) is 22.3. The second-order valence-electron chi connectivity index (χ2n) is 22.0. The molecule has 0 unspecified atom stereocenters. The van der Waals surface area contributed by atoms with Crippen LogP contribution in [0.25, 0.3) is 139 Å². The standard InChI is InChI=1S/C39H25N5.C21H13ClN4.C19H14.CH3/c1-3-13-26(14-4-1)28-23-24-36-32(25-28)31-19-9-12-22-35(31)44(36)39-41-37(27-15-5-2-6-16-27)40-38(42-39)43-33-20-10-7-17-29(33)30-18-8-11-21-34(30)43;22-20-23-19(14-8-2-1-3-9-14)24-21(25-20)26-17-12-6-4-10-15(17)16-11-5-7-13-18(16)26;1-2-6-14(7-3-1)15-10-11-17-12-16-8-4-5-9-18(16)19(17)13-15;/h1-25H;1-13H;1-11,13H,12H2;1H3/q;;;-1. The quantitative estimate of drug-likeness (QED) is 0.148. The van der Waals surface area contributed by atoms with E-state index in [4.69, 9.17) is 31.5 Å². The molecule has 10 heteroatoms. The molecule has 428 valence electrons. The molecule has 18 rings (SSSR count). The summed E-state index contributed by atoms with van der Waals surface area (Å²) in [6, 6.07) is 105. The largest absolute Gasteiger partial charge is 0.358 e. The summed E-state index contributed by atoms with van der Waals surface area (Å²) in [5.41, 5.74) is 18.8. The number of para-hydroxylation sites is 5. The van der Waals surface area contributed by atoms with Gasteiger partial charge in [-0.25, -0.2) is 0 Å². The van der Waals surface area contributed by atoms with Crippen molar-refractivity contribution in [2.24, 2.45) is 0 Å². The molecule has 1 aliphatic carbocycles. The maximum atomic E-state index is 6.24. The van der Waals surface area contributed by atoms with Gasteiger partial charge in [-0.15, -0.1) is 0 Å². The topological polar surface area (TPSA) is 92.1 Å². The zero-order valence-corrected chi connectivity index (χ0v) is 49.7. The lowest BCUT2D eigenvalue weighted by atomic mass is 9.99. The van der Waals surface area contributed by atoms with Crippen molar-refractivity contribution >= 4 is 77.0 Å². The third-order valence-electron chi connectivity index (χ3n) is 16.7. The molecule has 0 saturated heterocycles. The van der Waals surface area contributed by atoms with Crippen LogP contribution in [-0.2, 0) is 6.42 Å². The van der Waals surface area contributed by atoms with Crippen molar-refractivity contribution in [2.45, 2.75) is 6.42 Å². The van der Waals surface area contributed by atoms with Gasteiger partial charge in [0.15, 0.2) is 11.6 Å². The van der Waals surface area contributed by atoms with Crippen molar-refractivity contribution < 1.29 is 0 Å². The molecular formula is C80H55ClN9-. The van der Waals surface area contributed by atoms with Crippen LogP contribution >= 0.6 is 11.6 Å². The number of rotatable bonds is 7. The van der Waals surface area contributed by atoms with E-state index in [9.17, 15) is 0 Å².